The molecule has 2 aromatic carbocycles. The Bertz CT molecular complexity index is 865. The van der Waals surface area contributed by atoms with Gasteiger partial charge in [-0.1, -0.05) is 36.4 Å². The normalized spacial score (nSPS) is 15.1. The summed E-state index contributed by atoms with van der Waals surface area (Å²) in [6, 6.07) is 14.6. The largest absolute Gasteiger partial charge is 0.478 e. The SMILES string of the molecule is Cc1ccccc1CNC(=O)COC(=O)C[C@H]1Oc2ccccc2NC1=O. The van der Waals surface area contributed by atoms with Gasteiger partial charge in [0.25, 0.3) is 11.8 Å². The van der Waals surface area contributed by atoms with Gasteiger partial charge >= 0.3 is 5.97 Å². The van der Waals surface area contributed by atoms with Crippen LogP contribution >= 0.6 is 0 Å². The fourth-order valence-corrected chi connectivity index (χ4v) is 2.64. The molecule has 3 rings (SSSR count). The molecule has 0 aromatic heterocycles. The molecule has 0 saturated heterocycles. The number of nitrogens with one attached hydrogen (secondary N) is 2. The molecule has 1 atom stereocenters. The van der Waals surface area contributed by atoms with E-state index in [1.807, 2.05) is 31.2 Å². The summed E-state index contributed by atoms with van der Waals surface area (Å²) in [6.45, 7) is 1.90. The molecule has 0 unspecified atom stereocenters. The van der Waals surface area contributed by atoms with Gasteiger partial charge in [0.2, 0.25) is 0 Å². The van der Waals surface area contributed by atoms with Gasteiger partial charge in [-0.05, 0) is 30.2 Å². The lowest BCUT2D eigenvalue weighted by Crippen LogP contribution is -2.39. The van der Waals surface area contributed by atoms with Crippen molar-refractivity contribution in [3.63, 3.8) is 0 Å². The van der Waals surface area contributed by atoms with Crippen LogP contribution < -0.4 is 15.4 Å². The number of hydrogen-bond donors (Lipinski definition) is 2. The molecule has 1 heterocycles. The minimum atomic E-state index is -0.984. The zero-order chi connectivity index (χ0) is 19.2. The molecule has 2 aromatic rings. The molecule has 27 heavy (non-hydrogen) atoms. The summed E-state index contributed by atoms with van der Waals surface area (Å²) in [5.74, 6) is -1.02. The second kappa shape index (κ2) is 8.35. The van der Waals surface area contributed by atoms with Crippen molar-refractivity contribution in [3.05, 3.63) is 59.7 Å². The van der Waals surface area contributed by atoms with E-state index in [2.05, 4.69) is 10.6 Å². The lowest BCUT2D eigenvalue weighted by atomic mass is 10.1. The van der Waals surface area contributed by atoms with Gasteiger partial charge in [0.05, 0.1) is 12.1 Å². The molecule has 0 bridgehead atoms. The number of fused-ring (bicyclic) bond motifs is 1. The number of ether oxygens (including phenoxy) is 2. The Balaban J connectivity index is 1.44. The quantitative estimate of drug-likeness (QED) is 0.760. The van der Waals surface area contributed by atoms with E-state index in [0.717, 1.165) is 11.1 Å². The van der Waals surface area contributed by atoms with Crippen LogP contribution in [0.1, 0.15) is 17.5 Å². The van der Waals surface area contributed by atoms with E-state index in [9.17, 15) is 14.4 Å². The minimum absolute atomic E-state index is 0.273. The number of esters is 1. The van der Waals surface area contributed by atoms with Crippen LogP contribution in [0.2, 0.25) is 0 Å². The highest BCUT2D eigenvalue weighted by molar-refractivity contribution is 5.99. The number of hydrogen-bond acceptors (Lipinski definition) is 5. The van der Waals surface area contributed by atoms with Crippen molar-refractivity contribution < 1.29 is 23.9 Å². The van der Waals surface area contributed by atoms with Crippen molar-refractivity contribution in [3.8, 4) is 5.75 Å². The molecule has 1 aliphatic heterocycles. The summed E-state index contributed by atoms with van der Waals surface area (Å²) < 4.78 is 10.5. The van der Waals surface area contributed by atoms with Crippen LogP contribution in [0.15, 0.2) is 48.5 Å². The predicted octanol–water partition coefficient (Wildman–Crippen LogP) is 1.94. The highest BCUT2D eigenvalue weighted by Crippen LogP contribution is 2.29. The smallest absolute Gasteiger partial charge is 0.310 e. The van der Waals surface area contributed by atoms with Gasteiger partial charge in [-0.15, -0.1) is 0 Å². The van der Waals surface area contributed by atoms with Crippen LogP contribution in [-0.4, -0.2) is 30.5 Å². The fourth-order valence-electron chi connectivity index (χ4n) is 2.64. The van der Waals surface area contributed by atoms with E-state index in [4.69, 9.17) is 9.47 Å². The van der Waals surface area contributed by atoms with Gasteiger partial charge in [-0.3, -0.25) is 14.4 Å². The first kappa shape index (κ1) is 18.4. The Morgan fingerprint density at radius 3 is 2.70 bits per heavy atom. The van der Waals surface area contributed by atoms with Crippen molar-refractivity contribution >= 4 is 23.5 Å². The van der Waals surface area contributed by atoms with Gasteiger partial charge in [-0.2, -0.15) is 0 Å². The number of carbonyl (C=O) groups is 3. The van der Waals surface area contributed by atoms with Gasteiger partial charge in [0.1, 0.15) is 5.75 Å². The Kier molecular flexibility index (Phi) is 5.71. The molecule has 1 aliphatic rings. The topological polar surface area (TPSA) is 93.7 Å². The second-order valence-corrected chi connectivity index (χ2v) is 6.16. The summed E-state index contributed by atoms with van der Waals surface area (Å²) in [7, 11) is 0. The number of para-hydroxylation sites is 2. The summed E-state index contributed by atoms with van der Waals surface area (Å²) in [6.07, 6.45) is -1.26. The average molecular weight is 368 g/mol. The van der Waals surface area contributed by atoms with Crippen molar-refractivity contribution in [2.24, 2.45) is 0 Å². The second-order valence-electron chi connectivity index (χ2n) is 6.16. The molecule has 7 nitrogen and oxygen atoms in total. The third-order valence-corrected chi connectivity index (χ3v) is 4.16. The summed E-state index contributed by atoms with van der Waals surface area (Å²) in [5, 5.41) is 5.37. The number of carbonyl (C=O) groups excluding carboxylic acids is 3. The highest BCUT2D eigenvalue weighted by Gasteiger charge is 2.30. The molecule has 0 aliphatic carbocycles. The monoisotopic (exact) mass is 368 g/mol. The molecule has 2 N–H and O–H groups in total. The summed E-state index contributed by atoms with van der Waals surface area (Å²) >= 11 is 0. The van der Waals surface area contributed by atoms with E-state index in [1.54, 1.807) is 24.3 Å². The van der Waals surface area contributed by atoms with Gasteiger partial charge in [0.15, 0.2) is 12.7 Å². The van der Waals surface area contributed by atoms with Gasteiger partial charge < -0.3 is 20.1 Å². The Hall–Kier alpha value is -3.35. The zero-order valence-corrected chi connectivity index (χ0v) is 14.9. The average Bonchev–Trinajstić information content (AvgIpc) is 2.66. The van der Waals surface area contributed by atoms with Crippen molar-refractivity contribution in [2.75, 3.05) is 11.9 Å². The van der Waals surface area contributed by atoms with E-state index in [1.165, 1.54) is 0 Å². The first-order valence-corrected chi connectivity index (χ1v) is 8.56. The standard InChI is InChI=1S/C20H20N2O5/c1-13-6-2-3-7-14(13)11-21-18(23)12-26-19(24)10-17-20(25)22-15-8-4-5-9-16(15)27-17/h2-9,17H,10-12H2,1H3,(H,21,23)(H,22,25)/t17-/m1/s1. The number of aryl methyl sites for hydroxylation is 1. The lowest BCUT2D eigenvalue weighted by molar-refractivity contribution is -0.151. The maximum Gasteiger partial charge on any atom is 0.310 e. The minimum Gasteiger partial charge on any atom is -0.478 e. The summed E-state index contributed by atoms with van der Waals surface area (Å²) in [4.78, 5) is 35.8. The maximum absolute atomic E-state index is 12.0. The van der Waals surface area contributed by atoms with Gasteiger partial charge in [0, 0.05) is 6.54 Å². The van der Waals surface area contributed by atoms with E-state index < -0.39 is 30.5 Å². The fraction of sp³-hybridized carbons (Fsp3) is 0.250. The number of rotatable bonds is 6. The van der Waals surface area contributed by atoms with E-state index >= 15 is 0 Å². The van der Waals surface area contributed by atoms with E-state index in [-0.39, 0.29) is 6.42 Å². The van der Waals surface area contributed by atoms with Crippen molar-refractivity contribution in [1.29, 1.82) is 0 Å². The molecular weight excluding hydrogens is 348 g/mol. The molecular formula is C20H20N2O5. The zero-order valence-electron chi connectivity index (χ0n) is 14.9. The van der Waals surface area contributed by atoms with Crippen LogP contribution in [-0.2, 0) is 25.7 Å². The van der Waals surface area contributed by atoms with Crippen LogP contribution in [0.25, 0.3) is 0 Å². The van der Waals surface area contributed by atoms with Crippen molar-refractivity contribution in [2.45, 2.75) is 26.0 Å². The number of anilines is 1. The molecule has 0 saturated carbocycles. The highest BCUT2D eigenvalue weighted by atomic mass is 16.5. The first-order chi connectivity index (χ1) is 13.0. The third-order valence-electron chi connectivity index (χ3n) is 4.16. The van der Waals surface area contributed by atoms with Crippen LogP contribution in [0.4, 0.5) is 5.69 Å². The maximum atomic E-state index is 12.0. The molecule has 0 spiro atoms. The number of benzene rings is 2. The van der Waals surface area contributed by atoms with Crippen molar-refractivity contribution in [1.82, 2.24) is 5.32 Å². The van der Waals surface area contributed by atoms with E-state index in [0.29, 0.717) is 18.0 Å². The Labute approximate surface area is 156 Å². The summed E-state index contributed by atoms with van der Waals surface area (Å²) in [5.41, 5.74) is 2.61. The third kappa shape index (κ3) is 4.84. The van der Waals surface area contributed by atoms with Crippen LogP contribution in [0, 0.1) is 6.92 Å². The Morgan fingerprint density at radius 2 is 1.89 bits per heavy atom. The predicted molar refractivity (Wildman–Crippen MR) is 98.1 cm³/mol. The van der Waals surface area contributed by atoms with Crippen LogP contribution in [0.5, 0.6) is 5.75 Å². The first-order valence-electron chi connectivity index (χ1n) is 8.56. The van der Waals surface area contributed by atoms with Crippen LogP contribution in [0.3, 0.4) is 0 Å². The van der Waals surface area contributed by atoms with Gasteiger partial charge in [-0.25, -0.2) is 0 Å². The lowest BCUT2D eigenvalue weighted by Gasteiger charge is -2.25. The number of amides is 2. The molecule has 2 amide bonds. The molecule has 140 valence electrons. The molecule has 0 radical (unpaired) electrons. The molecule has 7 heteroatoms. The molecule has 0 fully saturated rings. The Morgan fingerprint density at radius 1 is 1.15 bits per heavy atom.